The summed E-state index contributed by atoms with van der Waals surface area (Å²) < 4.78 is 20.6. The zero-order valence-electron chi connectivity index (χ0n) is 13.0. The van der Waals surface area contributed by atoms with Crippen LogP contribution in [0.1, 0.15) is 50.9 Å². The molecule has 1 N–H and O–H groups in total. The Morgan fingerprint density at radius 1 is 1.38 bits per heavy atom. The second-order valence-corrected chi connectivity index (χ2v) is 8.67. The molecule has 1 saturated carbocycles. The highest BCUT2D eigenvalue weighted by molar-refractivity contribution is 7.90. The molecule has 0 radical (unpaired) electrons. The molecule has 0 aromatic heterocycles. The second-order valence-electron chi connectivity index (χ2n) is 6.70. The number of nitrogens with one attached hydrogen (secondary N) is 1. The smallest absolute Gasteiger partial charge is 0.338 e. The molecule has 1 aromatic carbocycles. The molecule has 1 fully saturated rings. The first kappa shape index (κ1) is 16.3. The zero-order valence-corrected chi connectivity index (χ0v) is 13.8. The van der Waals surface area contributed by atoms with Crippen molar-refractivity contribution in [2.75, 3.05) is 0 Å². The van der Waals surface area contributed by atoms with Gasteiger partial charge in [-0.05, 0) is 52.7 Å². The average molecular weight is 309 g/mol. The average Bonchev–Trinajstić information content (AvgIpc) is 2.43. The van der Waals surface area contributed by atoms with Crippen LogP contribution >= 0.6 is 0 Å². The van der Waals surface area contributed by atoms with Crippen molar-refractivity contribution in [3.05, 3.63) is 35.9 Å². The standard InChI is InChI=1S/C16H23NO3S/c1-15(2,3)21(19)17-16(4)11-10-13(16)20-14(18)12-8-6-5-7-9-12/h5-9,13,17H,10-11H2,1-4H3. The molecule has 4 nitrogen and oxygen atoms in total. The van der Waals surface area contributed by atoms with Crippen molar-refractivity contribution in [1.82, 2.24) is 4.72 Å². The first-order valence-corrected chi connectivity index (χ1v) is 8.33. The summed E-state index contributed by atoms with van der Waals surface area (Å²) in [6.07, 6.45) is 1.40. The molecule has 0 heterocycles. The lowest BCUT2D eigenvalue weighted by Gasteiger charge is -2.46. The number of ether oxygens (including phenoxy) is 1. The Balaban J connectivity index is 1.97. The van der Waals surface area contributed by atoms with Crippen LogP contribution in [0.25, 0.3) is 0 Å². The Morgan fingerprint density at radius 2 is 2.00 bits per heavy atom. The summed E-state index contributed by atoms with van der Waals surface area (Å²) in [5.41, 5.74) is 0.131. The van der Waals surface area contributed by atoms with Crippen molar-refractivity contribution < 1.29 is 14.1 Å². The van der Waals surface area contributed by atoms with Gasteiger partial charge in [-0.25, -0.2) is 4.79 Å². The summed E-state index contributed by atoms with van der Waals surface area (Å²) in [6, 6.07) is 8.95. The number of carbonyl (C=O) groups is 1. The Kier molecular flexibility index (Phi) is 4.66. The molecule has 0 amide bonds. The minimum atomic E-state index is -1.18. The Bertz CT molecular complexity index is 500. The number of esters is 1. The third kappa shape index (κ3) is 3.78. The number of rotatable bonds is 4. The Labute approximate surface area is 129 Å². The van der Waals surface area contributed by atoms with E-state index in [-0.39, 0.29) is 16.8 Å². The summed E-state index contributed by atoms with van der Waals surface area (Å²) >= 11 is -1.18. The number of hydrogen-bond acceptors (Lipinski definition) is 4. The van der Waals surface area contributed by atoms with Gasteiger partial charge in [-0.1, -0.05) is 18.2 Å². The largest absolute Gasteiger partial charge is 0.598 e. The highest BCUT2D eigenvalue weighted by Gasteiger charge is 2.50. The van der Waals surface area contributed by atoms with Gasteiger partial charge in [-0.3, -0.25) is 0 Å². The molecule has 3 atom stereocenters. The molecule has 1 aliphatic carbocycles. The fourth-order valence-electron chi connectivity index (χ4n) is 2.14. The van der Waals surface area contributed by atoms with Gasteiger partial charge in [-0.15, -0.1) is 4.72 Å². The van der Waals surface area contributed by atoms with E-state index in [0.717, 1.165) is 12.8 Å². The van der Waals surface area contributed by atoms with Crippen molar-refractivity contribution in [2.45, 2.75) is 56.9 Å². The number of hydrogen-bond donors (Lipinski definition) is 1. The molecule has 0 aliphatic heterocycles. The molecule has 3 unspecified atom stereocenters. The van der Waals surface area contributed by atoms with Gasteiger partial charge in [0.25, 0.3) is 0 Å². The first-order valence-electron chi connectivity index (χ1n) is 7.18. The first-order chi connectivity index (χ1) is 9.72. The lowest BCUT2D eigenvalue weighted by atomic mass is 9.76. The molecule has 1 aromatic rings. The molecule has 0 spiro atoms. The van der Waals surface area contributed by atoms with Crippen molar-refractivity contribution in [2.24, 2.45) is 0 Å². The number of carbonyl (C=O) groups excluding carboxylic acids is 1. The highest BCUT2D eigenvalue weighted by atomic mass is 32.2. The van der Waals surface area contributed by atoms with Crippen molar-refractivity contribution in [3.8, 4) is 0 Å². The molecular weight excluding hydrogens is 286 g/mol. The van der Waals surface area contributed by atoms with Crippen LogP contribution in [-0.4, -0.2) is 26.9 Å². The predicted octanol–water partition coefficient (Wildman–Crippen LogP) is 2.82. The van der Waals surface area contributed by atoms with Crippen molar-refractivity contribution >= 4 is 17.3 Å². The number of benzene rings is 1. The van der Waals surface area contributed by atoms with Crippen LogP contribution in [0.3, 0.4) is 0 Å². The van der Waals surface area contributed by atoms with Gasteiger partial charge in [0.15, 0.2) is 0 Å². The van der Waals surface area contributed by atoms with Gasteiger partial charge in [-0.2, -0.15) is 0 Å². The molecule has 116 valence electrons. The molecule has 2 rings (SSSR count). The maximum atomic E-state index is 12.2. The summed E-state index contributed by atoms with van der Waals surface area (Å²) in [4.78, 5) is 12.1. The van der Waals surface area contributed by atoms with Crippen LogP contribution in [-0.2, 0) is 16.1 Å². The van der Waals surface area contributed by atoms with Crippen LogP contribution in [0, 0.1) is 0 Å². The normalized spacial score (nSPS) is 26.8. The molecule has 0 bridgehead atoms. The van der Waals surface area contributed by atoms with E-state index in [4.69, 9.17) is 4.74 Å². The van der Waals surface area contributed by atoms with E-state index in [1.807, 2.05) is 45.9 Å². The third-order valence-corrected chi connectivity index (χ3v) is 5.54. The molecule has 1 aliphatic rings. The topological polar surface area (TPSA) is 61.4 Å². The summed E-state index contributed by atoms with van der Waals surface area (Å²) in [6.45, 7) is 7.72. The van der Waals surface area contributed by atoms with Gasteiger partial charge in [0, 0.05) is 11.4 Å². The van der Waals surface area contributed by atoms with E-state index in [0.29, 0.717) is 5.56 Å². The fraction of sp³-hybridized carbons (Fsp3) is 0.562. The second kappa shape index (κ2) is 5.99. The lowest BCUT2D eigenvalue weighted by molar-refractivity contribution is -0.0355. The van der Waals surface area contributed by atoms with Gasteiger partial charge < -0.3 is 9.29 Å². The zero-order chi connectivity index (χ0) is 15.7. The quantitative estimate of drug-likeness (QED) is 0.686. The Morgan fingerprint density at radius 3 is 2.48 bits per heavy atom. The SMILES string of the molecule is CC1(N[S+]([O-])C(C)(C)C)CCC1OC(=O)c1ccccc1. The van der Waals surface area contributed by atoms with E-state index in [9.17, 15) is 9.35 Å². The minimum Gasteiger partial charge on any atom is -0.598 e. The lowest BCUT2D eigenvalue weighted by Crippen LogP contribution is -2.64. The van der Waals surface area contributed by atoms with E-state index in [1.165, 1.54) is 0 Å². The van der Waals surface area contributed by atoms with Crippen LogP contribution in [0.5, 0.6) is 0 Å². The molecule has 5 heteroatoms. The predicted molar refractivity (Wildman–Crippen MR) is 84.3 cm³/mol. The van der Waals surface area contributed by atoms with Crippen LogP contribution in [0.15, 0.2) is 30.3 Å². The van der Waals surface area contributed by atoms with Crippen LogP contribution in [0.2, 0.25) is 0 Å². The van der Waals surface area contributed by atoms with Crippen LogP contribution < -0.4 is 4.72 Å². The van der Waals surface area contributed by atoms with Gasteiger partial charge in [0.1, 0.15) is 10.9 Å². The van der Waals surface area contributed by atoms with Gasteiger partial charge in [0.2, 0.25) is 0 Å². The van der Waals surface area contributed by atoms with Crippen molar-refractivity contribution in [1.29, 1.82) is 0 Å². The maximum Gasteiger partial charge on any atom is 0.338 e. The van der Waals surface area contributed by atoms with E-state index >= 15 is 0 Å². The molecule has 0 saturated heterocycles. The fourth-order valence-corrected chi connectivity index (χ4v) is 3.10. The third-order valence-electron chi connectivity index (χ3n) is 3.78. The van der Waals surface area contributed by atoms with Crippen LogP contribution in [0.4, 0.5) is 0 Å². The maximum absolute atomic E-state index is 12.2. The van der Waals surface area contributed by atoms with E-state index in [2.05, 4.69) is 4.72 Å². The van der Waals surface area contributed by atoms with E-state index < -0.39 is 16.9 Å². The monoisotopic (exact) mass is 309 g/mol. The van der Waals surface area contributed by atoms with Crippen molar-refractivity contribution in [3.63, 3.8) is 0 Å². The minimum absolute atomic E-state index is 0.239. The summed E-state index contributed by atoms with van der Waals surface area (Å²) in [5, 5.41) is 0. The molecular formula is C16H23NO3S. The summed E-state index contributed by atoms with van der Waals surface area (Å²) in [7, 11) is 0. The van der Waals surface area contributed by atoms with Gasteiger partial charge >= 0.3 is 5.97 Å². The molecule has 21 heavy (non-hydrogen) atoms. The van der Waals surface area contributed by atoms with Gasteiger partial charge in [0.05, 0.1) is 11.1 Å². The highest BCUT2D eigenvalue weighted by Crippen LogP contribution is 2.37. The summed E-state index contributed by atoms with van der Waals surface area (Å²) in [5.74, 6) is -0.324. The Hall–Kier alpha value is -1.04. The van der Waals surface area contributed by atoms with E-state index in [1.54, 1.807) is 12.1 Å².